The fourth-order valence-electron chi connectivity index (χ4n) is 1.11. The van der Waals surface area contributed by atoms with Crippen molar-refractivity contribution in [1.29, 1.82) is 0 Å². The number of hydrogen-bond donors (Lipinski definition) is 0. The first-order valence-electron chi connectivity index (χ1n) is 3.99. The standard InChI is InChI=1S/C11H13N.BrH/c1-3-9-12(2)10-11-7-5-4-6-8-11;/h1,4-8H,9-10H2,2H3;1H. The van der Waals surface area contributed by atoms with Crippen LogP contribution >= 0.6 is 17.0 Å². The minimum atomic E-state index is 0. The molecule has 0 amide bonds. The molecular formula is C11H14BrN. The average Bonchev–Trinajstić information content (AvgIpc) is 2.06. The Bertz CT molecular complexity index is 263. The second-order valence-electron chi connectivity index (χ2n) is 2.86. The highest BCUT2D eigenvalue weighted by atomic mass is 79.9. The van der Waals surface area contributed by atoms with Gasteiger partial charge in [-0.15, -0.1) is 23.4 Å². The molecule has 0 aliphatic rings. The Morgan fingerprint density at radius 1 is 1.31 bits per heavy atom. The third kappa shape index (κ3) is 4.72. The molecule has 0 atom stereocenters. The summed E-state index contributed by atoms with van der Waals surface area (Å²) in [5.41, 5.74) is 1.30. The summed E-state index contributed by atoms with van der Waals surface area (Å²) in [6.45, 7) is 1.62. The second kappa shape index (κ2) is 6.71. The molecule has 0 aliphatic heterocycles. The number of halogens is 1. The highest BCUT2D eigenvalue weighted by Crippen LogP contribution is 2.01. The molecular weight excluding hydrogens is 226 g/mol. The number of rotatable bonds is 3. The minimum Gasteiger partial charge on any atom is -0.291 e. The zero-order chi connectivity index (χ0) is 8.81. The van der Waals surface area contributed by atoms with Crippen LogP contribution < -0.4 is 0 Å². The van der Waals surface area contributed by atoms with Gasteiger partial charge in [0, 0.05) is 6.54 Å². The van der Waals surface area contributed by atoms with Crippen molar-refractivity contribution < 1.29 is 0 Å². The van der Waals surface area contributed by atoms with Crippen LogP contribution in [0.1, 0.15) is 5.56 Å². The van der Waals surface area contributed by atoms with Crippen molar-refractivity contribution in [2.75, 3.05) is 13.6 Å². The molecule has 0 fully saturated rings. The summed E-state index contributed by atoms with van der Waals surface area (Å²) in [6.07, 6.45) is 5.19. The molecule has 0 bridgehead atoms. The van der Waals surface area contributed by atoms with Gasteiger partial charge < -0.3 is 0 Å². The number of nitrogens with zero attached hydrogens (tertiary/aromatic N) is 1. The van der Waals surface area contributed by atoms with E-state index in [1.54, 1.807) is 0 Å². The molecule has 0 unspecified atom stereocenters. The predicted octanol–water partition coefficient (Wildman–Crippen LogP) is 2.33. The molecule has 0 radical (unpaired) electrons. The molecule has 0 N–H and O–H groups in total. The van der Waals surface area contributed by atoms with E-state index in [9.17, 15) is 0 Å². The number of benzene rings is 1. The zero-order valence-electron chi connectivity index (χ0n) is 7.73. The lowest BCUT2D eigenvalue weighted by Crippen LogP contribution is -2.17. The Labute approximate surface area is 90.5 Å². The maximum atomic E-state index is 5.19. The maximum absolute atomic E-state index is 5.19. The summed E-state index contributed by atoms with van der Waals surface area (Å²) in [5, 5.41) is 0. The molecule has 0 saturated heterocycles. The largest absolute Gasteiger partial charge is 0.291 e. The van der Waals surface area contributed by atoms with E-state index < -0.39 is 0 Å². The van der Waals surface area contributed by atoms with E-state index in [1.165, 1.54) is 5.56 Å². The Morgan fingerprint density at radius 2 is 1.92 bits per heavy atom. The van der Waals surface area contributed by atoms with E-state index in [0.717, 1.165) is 6.54 Å². The summed E-state index contributed by atoms with van der Waals surface area (Å²) < 4.78 is 0. The van der Waals surface area contributed by atoms with Crippen molar-refractivity contribution >= 4 is 17.0 Å². The van der Waals surface area contributed by atoms with Crippen molar-refractivity contribution in [3.8, 4) is 12.3 Å². The van der Waals surface area contributed by atoms with Gasteiger partial charge >= 0.3 is 0 Å². The maximum Gasteiger partial charge on any atom is 0.0599 e. The molecule has 2 heteroatoms. The van der Waals surface area contributed by atoms with Crippen LogP contribution in [0.5, 0.6) is 0 Å². The van der Waals surface area contributed by atoms with Crippen molar-refractivity contribution in [3.63, 3.8) is 0 Å². The van der Waals surface area contributed by atoms with Crippen LogP contribution in [0.2, 0.25) is 0 Å². The lowest BCUT2D eigenvalue weighted by Gasteiger charge is -2.12. The van der Waals surface area contributed by atoms with Gasteiger partial charge in [0.05, 0.1) is 6.54 Å². The van der Waals surface area contributed by atoms with Crippen molar-refractivity contribution in [3.05, 3.63) is 35.9 Å². The molecule has 13 heavy (non-hydrogen) atoms. The number of hydrogen-bond acceptors (Lipinski definition) is 1. The van der Waals surface area contributed by atoms with E-state index >= 15 is 0 Å². The molecule has 1 rings (SSSR count). The van der Waals surface area contributed by atoms with Crippen LogP contribution in [0, 0.1) is 12.3 Å². The summed E-state index contributed by atoms with van der Waals surface area (Å²) in [6, 6.07) is 10.3. The van der Waals surface area contributed by atoms with Gasteiger partial charge in [-0.2, -0.15) is 0 Å². The quantitative estimate of drug-likeness (QED) is 0.733. The highest BCUT2D eigenvalue weighted by molar-refractivity contribution is 8.93. The van der Waals surface area contributed by atoms with Crippen LogP contribution in [-0.2, 0) is 6.54 Å². The zero-order valence-corrected chi connectivity index (χ0v) is 9.45. The van der Waals surface area contributed by atoms with Gasteiger partial charge in [-0.05, 0) is 12.6 Å². The molecule has 1 aromatic rings. The third-order valence-corrected chi connectivity index (χ3v) is 1.66. The van der Waals surface area contributed by atoms with Crippen molar-refractivity contribution in [1.82, 2.24) is 4.90 Å². The smallest absolute Gasteiger partial charge is 0.0599 e. The summed E-state index contributed by atoms with van der Waals surface area (Å²) >= 11 is 0. The van der Waals surface area contributed by atoms with E-state index in [2.05, 4.69) is 23.0 Å². The fraction of sp³-hybridized carbons (Fsp3) is 0.273. The van der Waals surface area contributed by atoms with Gasteiger partial charge in [0.25, 0.3) is 0 Å². The second-order valence-corrected chi connectivity index (χ2v) is 2.86. The number of terminal acetylenes is 1. The molecule has 0 spiro atoms. The first-order valence-corrected chi connectivity index (χ1v) is 3.99. The van der Waals surface area contributed by atoms with Crippen molar-refractivity contribution in [2.45, 2.75) is 6.54 Å². The lowest BCUT2D eigenvalue weighted by atomic mass is 10.2. The third-order valence-electron chi connectivity index (χ3n) is 1.66. The Kier molecular flexibility index (Phi) is 6.30. The first kappa shape index (κ1) is 12.2. The van der Waals surface area contributed by atoms with Gasteiger partial charge in [-0.1, -0.05) is 36.3 Å². The van der Waals surface area contributed by atoms with Gasteiger partial charge in [-0.25, -0.2) is 0 Å². The molecule has 1 aromatic carbocycles. The lowest BCUT2D eigenvalue weighted by molar-refractivity contribution is 0.369. The van der Waals surface area contributed by atoms with Crippen molar-refractivity contribution in [2.24, 2.45) is 0 Å². The molecule has 0 aromatic heterocycles. The predicted molar refractivity (Wildman–Crippen MR) is 61.9 cm³/mol. The normalized spacial score (nSPS) is 9.00. The van der Waals surface area contributed by atoms with Crippen LogP contribution in [0.3, 0.4) is 0 Å². The van der Waals surface area contributed by atoms with Gasteiger partial charge in [0.2, 0.25) is 0 Å². The van der Waals surface area contributed by atoms with Gasteiger partial charge in [-0.3, -0.25) is 4.90 Å². The molecule has 1 nitrogen and oxygen atoms in total. The van der Waals surface area contributed by atoms with E-state index in [-0.39, 0.29) is 17.0 Å². The molecule has 0 saturated carbocycles. The molecule has 0 aliphatic carbocycles. The van der Waals surface area contributed by atoms with Crippen LogP contribution in [-0.4, -0.2) is 18.5 Å². The SMILES string of the molecule is Br.C#CCN(C)Cc1ccccc1. The van der Waals surface area contributed by atoms with Crippen LogP contribution in [0.4, 0.5) is 0 Å². The average molecular weight is 240 g/mol. The van der Waals surface area contributed by atoms with E-state index in [0.29, 0.717) is 6.54 Å². The van der Waals surface area contributed by atoms with Gasteiger partial charge in [0.15, 0.2) is 0 Å². The minimum absolute atomic E-state index is 0. The topological polar surface area (TPSA) is 3.24 Å². The summed E-state index contributed by atoms with van der Waals surface area (Å²) in [7, 11) is 2.02. The van der Waals surface area contributed by atoms with Crippen LogP contribution in [0.25, 0.3) is 0 Å². The summed E-state index contributed by atoms with van der Waals surface area (Å²) in [5.74, 6) is 2.61. The molecule has 0 heterocycles. The Morgan fingerprint density at radius 3 is 2.46 bits per heavy atom. The summed E-state index contributed by atoms with van der Waals surface area (Å²) in [4.78, 5) is 2.11. The Hall–Kier alpha value is -0.780. The monoisotopic (exact) mass is 239 g/mol. The Balaban J connectivity index is 0.00000144. The first-order chi connectivity index (χ1) is 5.83. The van der Waals surface area contributed by atoms with Crippen LogP contribution in [0.15, 0.2) is 30.3 Å². The van der Waals surface area contributed by atoms with E-state index in [4.69, 9.17) is 6.42 Å². The highest BCUT2D eigenvalue weighted by Gasteiger charge is 1.95. The molecule has 70 valence electrons. The van der Waals surface area contributed by atoms with Gasteiger partial charge in [0.1, 0.15) is 0 Å². The fourth-order valence-corrected chi connectivity index (χ4v) is 1.11. The van der Waals surface area contributed by atoms with E-state index in [1.807, 2.05) is 25.2 Å².